The van der Waals surface area contributed by atoms with Crippen LogP contribution in [0.4, 0.5) is 0 Å². The second-order valence-corrected chi connectivity index (χ2v) is 12.5. The molecule has 0 amide bonds. The van der Waals surface area contributed by atoms with Gasteiger partial charge in [0.05, 0.1) is 17.8 Å². The van der Waals surface area contributed by atoms with Crippen LogP contribution in [0.15, 0.2) is 11.6 Å². The van der Waals surface area contributed by atoms with E-state index in [1.54, 1.807) is 0 Å². The summed E-state index contributed by atoms with van der Waals surface area (Å²) in [6.07, 6.45) is 12.1. The third kappa shape index (κ3) is 3.52. The van der Waals surface area contributed by atoms with Gasteiger partial charge in [-0.25, -0.2) is 0 Å². The number of allylic oxidation sites excluding steroid dienone is 1. The summed E-state index contributed by atoms with van der Waals surface area (Å²) in [5.41, 5.74) is 0.914. The first-order valence-corrected chi connectivity index (χ1v) is 12.8. The van der Waals surface area contributed by atoms with Crippen LogP contribution in [-0.4, -0.2) is 33.1 Å². The molecule has 4 aliphatic rings. The smallest absolute Gasteiger partial charge is 0.0910 e. The zero-order valence-corrected chi connectivity index (χ0v) is 20.0. The van der Waals surface area contributed by atoms with Gasteiger partial charge in [0.15, 0.2) is 0 Å². The van der Waals surface area contributed by atoms with Crippen molar-refractivity contribution >= 4 is 0 Å². The van der Waals surface area contributed by atoms with E-state index in [9.17, 15) is 15.3 Å². The van der Waals surface area contributed by atoms with E-state index in [-0.39, 0.29) is 22.9 Å². The molecule has 9 atom stereocenters. The third-order valence-corrected chi connectivity index (χ3v) is 10.5. The summed E-state index contributed by atoms with van der Waals surface area (Å²) < 4.78 is 0. The lowest BCUT2D eigenvalue weighted by molar-refractivity contribution is -0.151. The predicted octanol–water partition coefficient (Wildman–Crippen LogP) is 5.47. The van der Waals surface area contributed by atoms with Gasteiger partial charge in [0.25, 0.3) is 0 Å². The van der Waals surface area contributed by atoms with Crippen molar-refractivity contribution in [2.24, 2.45) is 40.4 Å². The summed E-state index contributed by atoms with van der Waals surface area (Å²) in [6, 6.07) is 0. The van der Waals surface area contributed by atoms with Gasteiger partial charge in [0, 0.05) is 0 Å². The summed E-state index contributed by atoms with van der Waals surface area (Å²) >= 11 is 0. The van der Waals surface area contributed by atoms with Crippen molar-refractivity contribution in [2.45, 2.75) is 117 Å². The van der Waals surface area contributed by atoms with Crippen LogP contribution in [0.2, 0.25) is 0 Å². The predicted molar refractivity (Wildman–Crippen MR) is 122 cm³/mol. The van der Waals surface area contributed by atoms with Gasteiger partial charge in [-0.3, -0.25) is 0 Å². The fourth-order valence-electron chi connectivity index (χ4n) is 8.62. The molecule has 7 unspecified atom stereocenters. The van der Waals surface area contributed by atoms with Gasteiger partial charge >= 0.3 is 0 Å². The van der Waals surface area contributed by atoms with Gasteiger partial charge in [0.1, 0.15) is 0 Å². The monoisotopic (exact) mass is 418 g/mol. The van der Waals surface area contributed by atoms with Crippen molar-refractivity contribution < 1.29 is 15.3 Å². The molecule has 3 N–H and O–H groups in total. The van der Waals surface area contributed by atoms with Gasteiger partial charge in [0.2, 0.25) is 0 Å². The number of aliphatic hydroxyl groups is 3. The van der Waals surface area contributed by atoms with Gasteiger partial charge in [-0.2, -0.15) is 0 Å². The van der Waals surface area contributed by atoms with Crippen LogP contribution < -0.4 is 0 Å². The minimum absolute atomic E-state index is 0.124. The van der Waals surface area contributed by atoms with E-state index in [0.29, 0.717) is 24.2 Å². The molecule has 0 radical (unpaired) electrons. The lowest BCUT2D eigenvalue weighted by Gasteiger charge is -2.59. The normalized spacial score (nSPS) is 46.4. The number of hydrogen-bond acceptors (Lipinski definition) is 3. The molecular formula is C27H46O3. The molecule has 0 aromatic heterocycles. The molecule has 0 saturated heterocycles. The van der Waals surface area contributed by atoms with Crippen molar-refractivity contribution in [1.29, 1.82) is 0 Å². The van der Waals surface area contributed by atoms with Gasteiger partial charge in [-0.15, -0.1) is 0 Å². The molecule has 0 aromatic carbocycles. The molecule has 0 spiro atoms. The average Bonchev–Trinajstić information content (AvgIpc) is 3.04. The maximum absolute atomic E-state index is 11.6. The fourth-order valence-corrected chi connectivity index (χ4v) is 8.62. The highest BCUT2D eigenvalue weighted by Crippen LogP contribution is 2.67. The first kappa shape index (κ1) is 22.8. The Morgan fingerprint density at radius 3 is 2.50 bits per heavy atom. The SMILES string of the molecule is CC(C)CC[C@@H](O)[C@](C)(O)C1CCC2C3CC=C4CC(O)CCC4(C)C3CCC21C. The molecule has 0 aromatic rings. The standard InChI is InChI=1S/C27H46O3/c1-17(2)6-11-24(29)27(5,30)23-10-9-21-20-8-7-18-16-19(28)12-14-25(18,3)22(20)13-15-26(21,23)4/h7,17,19-24,28-30H,6,8-16H2,1-5H3/t19?,20?,21?,22?,23?,24-,25?,26?,27-/m1/s1. The van der Waals surface area contributed by atoms with E-state index < -0.39 is 11.7 Å². The maximum Gasteiger partial charge on any atom is 0.0910 e. The summed E-state index contributed by atoms with van der Waals surface area (Å²) in [4.78, 5) is 0. The molecule has 3 nitrogen and oxygen atoms in total. The Morgan fingerprint density at radius 1 is 1.07 bits per heavy atom. The summed E-state index contributed by atoms with van der Waals surface area (Å²) in [5.74, 6) is 2.80. The number of fused-ring (bicyclic) bond motifs is 5. The molecule has 3 saturated carbocycles. The molecule has 30 heavy (non-hydrogen) atoms. The average molecular weight is 419 g/mol. The van der Waals surface area contributed by atoms with Crippen molar-refractivity contribution in [3.05, 3.63) is 11.6 Å². The van der Waals surface area contributed by atoms with Crippen molar-refractivity contribution in [3.8, 4) is 0 Å². The second kappa shape index (κ2) is 7.89. The van der Waals surface area contributed by atoms with E-state index in [1.807, 2.05) is 6.92 Å². The summed E-state index contributed by atoms with van der Waals surface area (Å²) in [6.45, 7) is 11.2. The Kier molecular flexibility index (Phi) is 5.99. The zero-order valence-electron chi connectivity index (χ0n) is 20.0. The highest BCUT2D eigenvalue weighted by Gasteiger charge is 2.62. The topological polar surface area (TPSA) is 60.7 Å². The van der Waals surface area contributed by atoms with E-state index in [1.165, 1.54) is 24.8 Å². The highest BCUT2D eigenvalue weighted by atomic mass is 16.3. The minimum atomic E-state index is -1.00. The van der Waals surface area contributed by atoms with Crippen LogP contribution in [0, 0.1) is 40.4 Å². The quantitative estimate of drug-likeness (QED) is 0.519. The van der Waals surface area contributed by atoms with Crippen LogP contribution in [-0.2, 0) is 0 Å². The maximum atomic E-state index is 11.6. The molecule has 4 aliphatic carbocycles. The first-order valence-electron chi connectivity index (χ1n) is 12.8. The molecular weight excluding hydrogens is 372 g/mol. The molecule has 0 bridgehead atoms. The molecule has 0 heterocycles. The Labute approximate surface area is 184 Å². The Bertz CT molecular complexity index is 667. The number of hydrogen-bond donors (Lipinski definition) is 3. The number of aliphatic hydroxyl groups excluding tert-OH is 2. The lowest BCUT2D eigenvalue weighted by Crippen LogP contribution is -2.55. The van der Waals surface area contributed by atoms with E-state index in [4.69, 9.17) is 0 Å². The molecule has 4 rings (SSSR count). The van der Waals surface area contributed by atoms with E-state index in [2.05, 4.69) is 33.8 Å². The Balaban J connectivity index is 1.55. The van der Waals surface area contributed by atoms with E-state index in [0.717, 1.165) is 44.4 Å². The van der Waals surface area contributed by atoms with Crippen LogP contribution in [0.5, 0.6) is 0 Å². The molecule has 172 valence electrons. The van der Waals surface area contributed by atoms with Crippen molar-refractivity contribution in [1.82, 2.24) is 0 Å². The largest absolute Gasteiger partial charge is 0.393 e. The van der Waals surface area contributed by atoms with E-state index >= 15 is 0 Å². The fraction of sp³-hybridized carbons (Fsp3) is 0.926. The van der Waals surface area contributed by atoms with Crippen molar-refractivity contribution in [3.63, 3.8) is 0 Å². The minimum Gasteiger partial charge on any atom is -0.393 e. The number of rotatable bonds is 5. The molecule has 3 fully saturated rings. The van der Waals surface area contributed by atoms with Gasteiger partial charge in [-0.1, -0.05) is 39.3 Å². The third-order valence-electron chi connectivity index (χ3n) is 10.5. The Hall–Kier alpha value is -0.380. The zero-order chi connectivity index (χ0) is 21.9. The van der Waals surface area contributed by atoms with Crippen molar-refractivity contribution in [2.75, 3.05) is 0 Å². The van der Waals surface area contributed by atoms with Gasteiger partial charge < -0.3 is 15.3 Å². The van der Waals surface area contributed by atoms with Gasteiger partial charge in [-0.05, 0) is 112 Å². The summed E-state index contributed by atoms with van der Waals surface area (Å²) in [5, 5.41) is 32.7. The first-order chi connectivity index (χ1) is 14.0. The lowest BCUT2D eigenvalue weighted by atomic mass is 9.46. The second-order valence-electron chi connectivity index (χ2n) is 12.5. The van der Waals surface area contributed by atoms with Crippen LogP contribution >= 0.6 is 0 Å². The Morgan fingerprint density at radius 2 is 1.80 bits per heavy atom. The van der Waals surface area contributed by atoms with Crippen LogP contribution in [0.3, 0.4) is 0 Å². The summed E-state index contributed by atoms with van der Waals surface area (Å²) in [7, 11) is 0. The highest BCUT2D eigenvalue weighted by molar-refractivity contribution is 5.25. The van der Waals surface area contributed by atoms with Crippen LogP contribution in [0.1, 0.15) is 98.8 Å². The molecule has 0 aliphatic heterocycles. The molecule has 3 heteroatoms. The van der Waals surface area contributed by atoms with Crippen LogP contribution in [0.25, 0.3) is 0 Å².